The van der Waals surface area contributed by atoms with Crippen molar-refractivity contribution < 1.29 is 14.7 Å². The minimum Gasteiger partial charge on any atom is -0.478 e. The summed E-state index contributed by atoms with van der Waals surface area (Å²) in [6.07, 6.45) is 1.08. The topological polar surface area (TPSA) is 66.4 Å². The van der Waals surface area contributed by atoms with Gasteiger partial charge in [-0.3, -0.25) is 4.79 Å². The largest absolute Gasteiger partial charge is 0.478 e. The number of rotatable bonds is 3. The van der Waals surface area contributed by atoms with Crippen LogP contribution in [0.2, 0.25) is 5.02 Å². The fourth-order valence-corrected chi connectivity index (χ4v) is 1.21. The van der Waals surface area contributed by atoms with Crippen molar-refractivity contribution in [2.24, 2.45) is 0 Å². The fraction of sp³-hybridized carbons (Fsp3) is 0. The van der Waals surface area contributed by atoms with E-state index >= 15 is 0 Å². The molecule has 0 saturated carbocycles. The van der Waals surface area contributed by atoms with E-state index in [9.17, 15) is 9.59 Å². The van der Waals surface area contributed by atoms with E-state index in [1.807, 2.05) is 0 Å². The molecule has 0 atom stereocenters. The number of hydrogen-bond donors (Lipinski definition) is 2. The zero-order valence-electron chi connectivity index (χ0n) is 7.66. The molecular formula is C10H8ClNO3. The van der Waals surface area contributed by atoms with Gasteiger partial charge in [-0.1, -0.05) is 18.2 Å². The number of carbonyl (C=O) groups is 2. The second-order valence-electron chi connectivity index (χ2n) is 2.73. The monoisotopic (exact) mass is 225 g/mol. The number of aromatic carboxylic acids is 1. The number of carboxylic acid groups (broad SMARTS) is 1. The number of benzene rings is 1. The quantitative estimate of drug-likeness (QED) is 0.775. The Morgan fingerprint density at radius 1 is 1.40 bits per heavy atom. The van der Waals surface area contributed by atoms with Crippen LogP contribution in [0.25, 0.3) is 0 Å². The average molecular weight is 226 g/mol. The standard InChI is InChI=1S/C10H8ClNO3/c1-2-9(13)12-8-4-6(10(14)15)3-7(11)5-8/h2-5H,1H2,(H,12,13)(H,14,15). The highest BCUT2D eigenvalue weighted by Crippen LogP contribution is 2.19. The highest BCUT2D eigenvalue weighted by atomic mass is 35.5. The van der Waals surface area contributed by atoms with Gasteiger partial charge in [-0.15, -0.1) is 0 Å². The Bertz CT molecular complexity index is 429. The molecule has 0 fully saturated rings. The van der Waals surface area contributed by atoms with Crippen molar-refractivity contribution in [3.63, 3.8) is 0 Å². The third kappa shape index (κ3) is 3.11. The maximum absolute atomic E-state index is 11.0. The van der Waals surface area contributed by atoms with E-state index in [1.165, 1.54) is 18.2 Å². The lowest BCUT2D eigenvalue weighted by atomic mass is 10.2. The van der Waals surface area contributed by atoms with Crippen molar-refractivity contribution in [3.8, 4) is 0 Å². The van der Waals surface area contributed by atoms with Crippen molar-refractivity contribution in [3.05, 3.63) is 41.4 Å². The number of halogens is 1. The van der Waals surface area contributed by atoms with Crippen LogP contribution in [0.15, 0.2) is 30.9 Å². The third-order valence-electron chi connectivity index (χ3n) is 1.60. The molecule has 0 saturated heterocycles. The van der Waals surface area contributed by atoms with Crippen LogP contribution in [0.4, 0.5) is 5.69 Å². The van der Waals surface area contributed by atoms with Crippen LogP contribution in [-0.2, 0) is 4.79 Å². The second-order valence-corrected chi connectivity index (χ2v) is 3.16. The van der Waals surface area contributed by atoms with Gasteiger partial charge in [0.05, 0.1) is 5.56 Å². The normalized spacial score (nSPS) is 9.40. The lowest BCUT2D eigenvalue weighted by Crippen LogP contribution is -2.08. The Hall–Kier alpha value is -1.81. The molecule has 0 aromatic heterocycles. The molecule has 1 rings (SSSR count). The Morgan fingerprint density at radius 2 is 2.07 bits per heavy atom. The van der Waals surface area contributed by atoms with Crippen LogP contribution < -0.4 is 5.32 Å². The lowest BCUT2D eigenvalue weighted by Gasteiger charge is -2.04. The van der Waals surface area contributed by atoms with Gasteiger partial charge in [0.25, 0.3) is 0 Å². The van der Waals surface area contributed by atoms with Gasteiger partial charge < -0.3 is 10.4 Å². The summed E-state index contributed by atoms with van der Waals surface area (Å²) in [4.78, 5) is 21.6. The summed E-state index contributed by atoms with van der Waals surface area (Å²) in [5.41, 5.74) is 0.340. The van der Waals surface area contributed by atoms with Crippen molar-refractivity contribution in [2.75, 3.05) is 5.32 Å². The van der Waals surface area contributed by atoms with Gasteiger partial charge in [0, 0.05) is 10.7 Å². The van der Waals surface area contributed by atoms with Gasteiger partial charge in [0.2, 0.25) is 5.91 Å². The average Bonchev–Trinajstić information content (AvgIpc) is 2.16. The maximum Gasteiger partial charge on any atom is 0.335 e. The van der Waals surface area contributed by atoms with Crippen molar-refractivity contribution >= 4 is 29.2 Å². The van der Waals surface area contributed by atoms with Crippen LogP contribution in [0.3, 0.4) is 0 Å². The molecule has 0 aliphatic carbocycles. The molecular weight excluding hydrogens is 218 g/mol. The molecule has 15 heavy (non-hydrogen) atoms. The molecule has 0 aliphatic rings. The van der Waals surface area contributed by atoms with Gasteiger partial charge in [0.1, 0.15) is 0 Å². The van der Waals surface area contributed by atoms with Gasteiger partial charge in [-0.2, -0.15) is 0 Å². The van der Waals surface area contributed by atoms with Crippen LogP contribution in [-0.4, -0.2) is 17.0 Å². The van der Waals surface area contributed by atoms with Crippen LogP contribution in [0.1, 0.15) is 10.4 Å². The Balaban J connectivity index is 3.03. The van der Waals surface area contributed by atoms with Gasteiger partial charge in [-0.05, 0) is 24.3 Å². The molecule has 1 aromatic carbocycles. The number of carboxylic acids is 1. The molecule has 0 bridgehead atoms. The Labute approximate surface area is 91.2 Å². The molecule has 0 heterocycles. The van der Waals surface area contributed by atoms with E-state index < -0.39 is 11.9 Å². The van der Waals surface area contributed by atoms with Crippen LogP contribution in [0.5, 0.6) is 0 Å². The molecule has 4 nitrogen and oxygen atoms in total. The zero-order valence-corrected chi connectivity index (χ0v) is 8.41. The summed E-state index contributed by atoms with van der Waals surface area (Å²) >= 11 is 5.68. The summed E-state index contributed by atoms with van der Waals surface area (Å²) in [6.45, 7) is 3.28. The molecule has 0 aliphatic heterocycles. The Morgan fingerprint density at radius 3 is 2.60 bits per heavy atom. The summed E-state index contributed by atoms with van der Waals surface area (Å²) in [6, 6.07) is 4.07. The minimum atomic E-state index is -1.10. The van der Waals surface area contributed by atoms with Gasteiger partial charge in [-0.25, -0.2) is 4.79 Å². The number of carbonyl (C=O) groups excluding carboxylic acids is 1. The SMILES string of the molecule is C=CC(=O)Nc1cc(Cl)cc(C(=O)O)c1. The van der Waals surface area contributed by atoms with Crippen LogP contribution in [0, 0.1) is 0 Å². The number of hydrogen-bond acceptors (Lipinski definition) is 2. The third-order valence-corrected chi connectivity index (χ3v) is 1.82. The molecule has 1 amide bonds. The summed E-state index contributed by atoms with van der Waals surface area (Å²) < 4.78 is 0. The first-order chi connectivity index (χ1) is 7.02. The summed E-state index contributed by atoms with van der Waals surface area (Å²) in [5.74, 6) is -1.53. The number of nitrogens with one attached hydrogen (secondary N) is 1. The summed E-state index contributed by atoms with van der Waals surface area (Å²) in [7, 11) is 0. The molecule has 2 N–H and O–H groups in total. The Kier molecular flexibility index (Phi) is 3.46. The van der Waals surface area contributed by atoms with E-state index in [4.69, 9.17) is 16.7 Å². The van der Waals surface area contributed by atoms with E-state index in [0.29, 0.717) is 5.69 Å². The zero-order chi connectivity index (χ0) is 11.4. The van der Waals surface area contributed by atoms with Gasteiger partial charge in [0.15, 0.2) is 0 Å². The molecule has 0 spiro atoms. The summed E-state index contributed by atoms with van der Waals surface area (Å²) in [5, 5.41) is 11.4. The molecule has 0 radical (unpaired) electrons. The molecule has 1 aromatic rings. The molecule has 5 heteroatoms. The van der Waals surface area contributed by atoms with Crippen molar-refractivity contribution in [1.29, 1.82) is 0 Å². The fourth-order valence-electron chi connectivity index (χ4n) is 0.979. The van der Waals surface area contributed by atoms with Crippen molar-refractivity contribution in [1.82, 2.24) is 0 Å². The molecule has 78 valence electrons. The minimum absolute atomic E-state index is 0.0156. The van der Waals surface area contributed by atoms with E-state index in [-0.39, 0.29) is 10.6 Å². The highest BCUT2D eigenvalue weighted by Gasteiger charge is 2.07. The smallest absolute Gasteiger partial charge is 0.335 e. The van der Waals surface area contributed by atoms with E-state index in [0.717, 1.165) is 6.08 Å². The number of anilines is 1. The van der Waals surface area contributed by atoms with E-state index in [1.54, 1.807) is 0 Å². The lowest BCUT2D eigenvalue weighted by molar-refractivity contribution is -0.111. The van der Waals surface area contributed by atoms with Gasteiger partial charge >= 0.3 is 5.97 Å². The predicted molar refractivity (Wildman–Crippen MR) is 57.2 cm³/mol. The molecule has 0 unspecified atom stereocenters. The predicted octanol–water partition coefficient (Wildman–Crippen LogP) is 2.16. The van der Waals surface area contributed by atoms with E-state index in [2.05, 4.69) is 11.9 Å². The first-order valence-electron chi connectivity index (χ1n) is 4.00. The first-order valence-corrected chi connectivity index (χ1v) is 4.38. The maximum atomic E-state index is 11.0. The first kappa shape index (κ1) is 11.3. The van der Waals surface area contributed by atoms with Crippen LogP contribution >= 0.6 is 11.6 Å². The second kappa shape index (κ2) is 4.61. The van der Waals surface area contributed by atoms with Crippen molar-refractivity contribution in [2.45, 2.75) is 0 Å². The number of amides is 1. The highest BCUT2D eigenvalue weighted by molar-refractivity contribution is 6.31.